The molecular weight excluding hydrogens is 402 g/mol. The van der Waals surface area contributed by atoms with Crippen LogP contribution in [0.1, 0.15) is 25.3 Å². The van der Waals surface area contributed by atoms with Crippen LogP contribution in [0.4, 0.5) is 4.79 Å². The number of aromatic nitrogens is 3. The average molecular weight is 425 g/mol. The molecule has 32 heavy (non-hydrogen) atoms. The van der Waals surface area contributed by atoms with Crippen molar-refractivity contribution in [1.29, 1.82) is 0 Å². The Kier molecular flexibility index (Phi) is 4.21. The van der Waals surface area contributed by atoms with Gasteiger partial charge in [-0.2, -0.15) is 0 Å². The van der Waals surface area contributed by atoms with Crippen molar-refractivity contribution in [2.75, 3.05) is 0 Å². The molecule has 0 amide bonds. The second-order valence-electron chi connectivity index (χ2n) is 8.57. The number of imidazole rings is 1. The number of aromatic amines is 1. The van der Waals surface area contributed by atoms with Crippen LogP contribution in [0.25, 0.3) is 44.2 Å². The maximum absolute atomic E-state index is 11.2. The average Bonchev–Trinajstić information content (AvgIpc) is 3.42. The lowest BCUT2D eigenvalue weighted by molar-refractivity contribution is 0.144. The highest BCUT2D eigenvalue weighted by Crippen LogP contribution is 2.37. The van der Waals surface area contributed by atoms with Crippen molar-refractivity contribution in [2.45, 2.75) is 32.7 Å². The maximum atomic E-state index is 11.2. The summed E-state index contributed by atoms with van der Waals surface area (Å²) in [5, 5.41) is 11.6. The molecule has 0 atom stereocenters. The van der Waals surface area contributed by atoms with Crippen molar-refractivity contribution in [2.24, 2.45) is 5.92 Å². The Balaban J connectivity index is 1.48. The summed E-state index contributed by atoms with van der Waals surface area (Å²) >= 11 is 0. The van der Waals surface area contributed by atoms with E-state index in [-0.39, 0.29) is 0 Å². The zero-order chi connectivity index (χ0) is 21.8. The molecule has 1 saturated carbocycles. The number of benzene rings is 3. The molecule has 6 rings (SSSR count). The highest BCUT2D eigenvalue weighted by atomic mass is 16.7. The van der Waals surface area contributed by atoms with Gasteiger partial charge in [0.2, 0.25) is 0 Å². The topological polar surface area (TPSA) is 80.1 Å². The Bertz CT molecular complexity index is 1510. The number of carbonyl (C=O) groups is 1. The van der Waals surface area contributed by atoms with Crippen LogP contribution in [-0.2, 0) is 13.0 Å². The molecule has 0 spiro atoms. The molecular formula is C26H23N3O3. The Morgan fingerprint density at radius 1 is 1.12 bits per heavy atom. The number of fused-ring (bicyclic) bond motifs is 4. The Morgan fingerprint density at radius 3 is 2.72 bits per heavy atom. The molecule has 2 N–H and O–H groups in total. The van der Waals surface area contributed by atoms with Gasteiger partial charge in [0, 0.05) is 40.0 Å². The van der Waals surface area contributed by atoms with Gasteiger partial charge in [0.25, 0.3) is 0 Å². The van der Waals surface area contributed by atoms with Crippen molar-refractivity contribution in [3.05, 3.63) is 60.2 Å². The number of nitrogens with one attached hydrogen (secondary N) is 1. The molecule has 6 heteroatoms. The highest BCUT2D eigenvalue weighted by molar-refractivity contribution is 6.09. The highest BCUT2D eigenvalue weighted by Gasteiger charge is 2.24. The number of carboxylic acid groups (broad SMARTS) is 1. The van der Waals surface area contributed by atoms with Crippen LogP contribution in [0.15, 0.2) is 54.6 Å². The standard InChI is InChI=1S/C26H23N3O3/c1-2-29-22-6-4-3-5-18(22)19-12-16(9-10-23(19)29)25-27-20-13-17(11-15-7-8-15)24(32-26(30)31)14-21(20)28-25/h3-6,9-10,12-15H,2,7-8,11H2,1H3,(H,27,28)(H,30,31). The smallest absolute Gasteiger partial charge is 0.449 e. The van der Waals surface area contributed by atoms with E-state index in [0.717, 1.165) is 35.4 Å². The van der Waals surface area contributed by atoms with Crippen LogP contribution in [0.5, 0.6) is 5.75 Å². The fourth-order valence-electron chi connectivity index (χ4n) is 4.74. The molecule has 3 aromatic carbocycles. The summed E-state index contributed by atoms with van der Waals surface area (Å²) < 4.78 is 7.40. The summed E-state index contributed by atoms with van der Waals surface area (Å²) in [7, 11) is 0. The summed E-state index contributed by atoms with van der Waals surface area (Å²) in [6.07, 6.45) is 1.90. The van der Waals surface area contributed by atoms with Gasteiger partial charge in [0.05, 0.1) is 11.0 Å². The molecule has 1 aliphatic carbocycles. The lowest BCUT2D eigenvalue weighted by atomic mass is 10.1. The van der Waals surface area contributed by atoms with E-state index in [1.165, 1.54) is 34.6 Å². The van der Waals surface area contributed by atoms with Gasteiger partial charge in [-0.05, 0) is 68.0 Å². The zero-order valence-electron chi connectivity index (χ0n) is 17.8. The van der Waals surface area contributed by atoms with Crippen LogP contribution in [0.2, 0.25) is 0 Å². The molecule has 2 heterocycles. The maximum Gasteiger partial charge on any atom is 0.511 e. The van der Waals surface area contributed by atoms with E-state index < -0.39 is 6.16 Å². The lowest BCUT2D eigenvalue weighted by Gasteiger charge is -2.07. The predicted molar refractivity (Wildman–Crippen MR) is 125 cm³/mol. The third kappa shape index (κ3) is 3.11. The number of ether oxygens (including phenoxy) is 1. The number of aryl methyl sites for hydroxylation is 1. The molecule has 0 bridgehead atoms. The molecule has 2 aromatic heterocycles. The molecule has 6 nitrogen and oxygen atoms in total. The first kappa shape index (κ1) is 18.9. The monoisotopic (exact) mass is 425 g/mol. The Labute approximate surface area is 184 Å². The fourth-order valence-corrected chi connectivity index (χ4v) is 4.74. The predicted octanol–water partition coefficient (Wildman–Crippen LogP) is 6.37. The van der Waals surface area contributed by atoms with Gasteiger partial charge in [-0.15, -0.1) is 0 Å². The second-order valence-corrected chi connectivity index (χ2v) is 8.57. The minimum Gasteiger partial charge on any atom is -0.449 e. The summed E-state index contributed by atoms with van der Waals surface area (Å²) in [5.74, 6) is 1.76. The SMILES string of the molecule is CCn1c2ccccc2c2cc(-c3nc4cc(OC(=O)O)c(CC5CC5)cc4[nH]3)ccc21. The summed E-state index contributed by atoms with van der Waals surface area (Å²) in [6, 6.07) is 18.6. The van der Waals surface area contributed by atoms with Gasteiger partial charge < -0.3 is 19.4 Å². The zero-order valence-corrected chi connectivity index (χ0v) is 17.8. The second kappa shape index (κ2) is 7.12. The largest absolute Gasteiger partial charge is 0.511 e. The number of rotatable bonds is 5. The first-order valence-electron chi connectivity index (χ1n) is 11.1. The summed E-state index contributed by atoms with van der Waals surface area (Å²) in [5.41, 5.74) is 5.94. The number of para-hydroxylation sites is 1. The Hall–Kier alpha value is -3.80. The van der Waals surface area contributed by atoms with E-state index in [4.69, 9.17) is 14.8 Å². The fraction of sp³-hybridized carbons (Fsp3) is 0.231. The van der Waals surface area contributed by atoms with Gasteiger partial charge in [-0.1, -0.05) is 18.2 Å². The van der Waals surface area contributed by atoms with Gasteiger partial charge >= 0.3 is 6.16 Å². The molecule has 5 aromatic rings. The minimum absolute atomic E-state index is 0.386. The molecule has 0 radical (unpaired) electrons. The molecule has 0 aliphatic heterocycles. The third-order valence-corrected chi connectivity index (χ3v) is 6.43. The summed E-state index contributed by atoms with van der Waals surface area (Å²) in [6.45, 7) is 3.07. The summed E-state index contributed by atoms with van der Waals surface area (Å²) in [4.78, 5) is 19.4. The van der Waals surface area contributed by atoms with Crippen LogP contribution in [-0.4, -0.2) is 25.8 Å². The van der Waals surface area contributed by atoms with E-state index in [1.807, 2.05) is 6.07 Å². The van der Waals surface area contributed by atoms with E-state index in [1.54, 1.807) is 6.07 Å². The number of nitrogens with zero attached hydrogens (tertiary/aromatic N) is 2. The normalized spacial score (nSPS) is 13.9. The minimum atomic E-state index is -1.30. The van der Waals surface area contributed by atoms with Crippen molar-refractivity contribution in [1.82, 2.24) is 14.5 Å². The van der Waals surface area contributed by atoms with Crippen LogP contribution in [0, 0.1) is 5.92 Å². The number of H-pyrrole nitrogens is 1. The third-order valence-electron chi connectivity index (χ3n) is 6.43. The molecule has 160 valence electrons. The number of hydrogen-bond donors (Lipinski definition) is 2. The van der Waals surface area contributed by atoms with E-state index in [2.05, 4.69) is 58.9 Å². The quantitative estimate of drug-likeness (QED) is 0.253. The molecule has 0 saturated heterocycles. The Morgan fingerprint density at radius 2 is 1.94 bits per heavy atom. The van der Waals surface area contributed by atoms with E-state index >= 15 is 0 Å². The van der Waals surface area contributed by atoms with Crippen LogP contribution < -0.4 is 4.74 Å². The van der Waals surface area contributed by atoms with Gasteiger partial charge in [0.15, 0.2) is 0 Å². The van der Waals surface area contributed by atoms with Crippen LogP contribution >= 0.6 is 0 Å². The first-order chi connectivity index (χ1) is 15.6. The van der Waals surface area contributed by atoms with Crippen LogP contribution in [0.3, 0.4) is 0 Å². The lowest BCUT2D eigenvalue weighted by Crippen LogP contribution is -2.05. The van der Waals surface area contributed by atoms with Gasteiger partial charge in [0.1, 0.15) is 11.6 Å². The number of hydrogen-bond acceptors (Lipinski definition) is 3. The van der Waals surface area contributed by atoms with Crippen molar-refractivity contribution < 1.29 is 14.6 Å². The van der Waals surface area contributed by atoms with Crippen molar-refractivity contribution in [3.63, 3.8) is 0 Å². The van der Waals surface area contributed by atoms with Gasteiger partial charge in [-0.25, -0.2) is 9.78 Å². The first-order valence-corrected chi connectivity index (χ1v) is 11.1. The van der Waals surface area contributed by atoms with Crippen molar-refractivity contribution >= 4 is 39.0 Å². The van der Waals surface area contributed by atoms with E-state index in [0.29, 0.717) is 17.2 Å². The molecule has 0 unspecified atom stereocenters. The molecule has 1 aliphatic rings. The van der Waals surface area contributed by atoms with Crippen molar-refractivity contribution in [3.8, 4) is 17.1 Å². The molecule has 1 fully saturated rings. The van der Waals surface area contributed by atoms with Gasteiger partial charge in [-0.3, -0.25) is 0 Å². The van der Waals surface area contributed by atoms with E-state index in [9.17, 15) is 4.79 Å².